The third-order valence-electron chi connectivity index (χ3n) is 17.4. The molecule has 3 aliphatic rings. The van der Waals surface area contributed by atoms with E-state index in [1.165, 1.54) is 16.7 Å². The fourth-order valence-corrected chi connectivity index (χ4v) is 12.6. The van der Waals surface area contributed by atoms with Gasteiger partial charge in [0.2, 0.25) is 17.8 Å². The van der Waals surface area contributed by atoms with Gasteiger partial charge in [-0.1, -0.05) is 103 Å². The normalized spacial score (nSPS) is 17.2. The van der Waals surface area contributed by atoms with Crippen LogP contribution in [0.2, 0.25) is 10.0 Å². The predicted octanol–water partition coefficient (Wildman–Crippen LogP) is 13.5. The van der Waals surface area contributed by atoms with Crippen molar-refractivity contribution in [1.82, 2.24) is 58.7 Å². The highest BCUT2D eigenvalue weighted by atomic mass is 35.5. The number of nitrogens with one attached hydrogen (secondary N) is 4. The quantitative estimate of drug-likeness (QED) is 0.112. The van der Waals surface area contributed by atoms with Crippen LogP contribution in [0, 0.1) is 12.8 Å². The van der Waals surface area contributed by atoms with Crippen LogP contribution in [-0.2, 0) is 31.3 Å². The SMILES string of the molecule is CC(C)Cc1ccc2c(c1)nc(NC(=O)N1CCN(c3ncccc3Cl)C[C@H]1C)n2C.C[C@@H]1CN(c2ncccc2Cl)CCN1C(=O)Nc1nc2ccc(C(C)(C)C)cc2n1C.Cc1cccnc1N1CCN(C(=O)Nc2nc3ccc(C(C)(C)C)cc3[nH]2)[C@H](C)C1. The molecule has 0 radical (unpaired) electrons. The van der Waals surface area contributed by atoms with Crippen LogP contribution < -0.4 is 30.7 Å². The molecule has 3 aromatic carbocycles. The molecule has 9 heterocycles. The highest BCUT2D eigenvalue weighted by Crippen LogP contribution is 2.32. The molecule has 0 bridgehead atoms. The molecule has 0 saturated carbocycles. The Bertz CT molecular complexity index is 4110. The Labute approximate surface area is 549 Å². The molecule has 3 fully saturated rings. The second kappa shape index (κ2) is 27.6. The number of carbonyl (C=O) groups excluding carboxylic acids is 3. The van der Waals surface area contributed by atoms with Gasteiger partial charge in [0.15, 0.2) is 0 Å². The van der Waals surface area contributed by atoms with Crippen LogP contribution in [-0.4, -0.2) is 154 Å². The number of aromatic nitrogens is 9. The number of piperazine rings is 3. The van der Waals surface area contributed by atoms with Crippen molar-refractivity contribution in [2.75, 3.05) is 89.6 Å². The molecule has 6 amide bonds. The summed E-state index contributed by atoms with van der Waals surface area (Å²) in [5, 5.41) is 10.2. The van der Waals surface area contributed by atoms with Gasteiger partial charge >= 0.3 is 18.1 Å². The number of rotatable bonds is 8. The molecule has 0 aliphatic carbocycles. The number of aromatic amines is 1. The Morgan fingerprint density at radius 1 is 0.543 bits per heavy atom. The minimum atomic E-state index is -0.145. The number of imidazole rings is 3. The van der Waals surface area contributed by atoms with E-state index in [0.717, 1.165) is 75.6 Å². The average Bonchev–Trinajstić information content (AvgIpc) is 1.64. The van der Waals surface area contributed by atoms with Crippen LogP contribution in [0.1, 0.15) is 98.4 Å². The van der Waals surface area contributed by atoms with E-state index in [4.69, 9.17) is 23.2 Å². The van der Waals surface area contributed by atoms with Gasteiger partial charge in [0.05, 0.1) is 43.1 Å². The number of benzene rings is 3. The third-order valence-corrected chi connectivity index (χ3v) is 18.0. The Kier molecular flexibility index (Phi) is 19.9. The van der Waals surface area contributed by atoms with Crippen molar-refractivity contribution >= 4 is 110 Å². The number of carbonyl (C=O) groups is 3. The van der Waals surface area contributed by atoms with Gasteiger partial charge in [-0.3, -0.25) is 16.0 Å². The molecule has 4 N–H and O–H groups in total. The summed E-state index contributed by atoms with van der Waals surface area (Å²) in [6.45, 7) is 31.7. The molecule has 3 saturated heterocycles. The van der Waals surface area contributed by atoms with Gasteiger partial charge in [0.1, 0.15) is 17.5 Å². The van der Waals surface area contributed by atoms with E-state index in [1.807, 2.05) is 100 Å². The van der Waals surface area contributed by atoms with E-state index in [0.29, 0.717) is 79.6 Å². The van der Waals surface area contributed by atoms with Gasteiger partial charge in [-0.25, -0.2) is 44.3 Å². The van der Waals surface area contributed by atoms with Gasteiger partial charge in [-0.15, -0.1) is 0 Å². The Balaban J connectivity index is 0.000000151. The number of pyridine rings is 3. The monoisotopic (exact) mass is 1290 g/mol. The summed E-state index contributed by atoms with van der Waals surface area (Å²) >= 11 is 12.6. The lowest BCUT2D eigenvalue weighted by molar-refractivity contribution is 0.183. The van der Waals surface area contributed by atoms with Gasteiger partial charge in [-0.2, -0.15) is 0 Å². The number of fused-ring (bicyclic) bond motifs is 3. The first-order valence-corrected chi connectivity index (χ1v) is 32.5. The minimum Gasteiger partial charge on any atom is -0.353 e. The number of hydrogen-bond donors (Lipinski definition) is 4. The zero-order valence-electron chi connectivity index (χ0n) is 55.5. The second-order valence-corrected chi connectivity index (χ2v) is 27.8. The number of amides is 6. The van der Waals surface area contributed by atoms with Crippen LogP contribution in [0.5, 0.6) is 0 Å². The first kappa shape index (κ1) is 66.2. The van der Waals surface area contributed by atoms with Crippen LogP contribution in [0.15, 0.2) is 110 Å². The predicted molar refractivity (Wildman–Crippen MR) is 373 cm³/mol. The topological polar surface area (TPSA) is 210 Å². The van der Waals surface area contributed by atoms with Gasteiger partial charge in [-0.05, 0) is 140 Å². The van der Waals surface area contributed by atoms with Crippen LogP contribution >= 0.6 is 23.2 Å². The number of H-pyrrole nitrogens is 1. The first-order chi connectivity index (χ1) is 43.7. The lowest BCUT2D eigenvalue weighted by Crippen LogP contribution is -2.55. The smallest absolute Gasteiger partial charge is 0.324 e. The molecule has 0 unspecified atom stereocenters. The van der Waals surface area contributed by atoms with Crippen LogP contribution in [0.3, 0.4) is 0 Å². The standard InChI is InChI=1S/2C23H29ClN6O.C23H30N6O/c1-15-14-29(20-17(24)7-6-10-25-20)11-12-30(15)22(31)27-21-26-18-9-8-16(23(2,3)4)13-19(18)28(21)5;1-15(2)12-17-7-8-20-19(13-17)26-22(28(20)4)27-23(31)30-11-10-29(14-16(30)3)21-18(24)6-5-9-25-21;1-15-7-6-10-24-20(15)28-11-12-29(16(2)14-28)22(30)27-21-25-18-9-8-17(23(3,4)5)13-19(18)26-21/h6-10,13,15H,11-12,14H2,1-5H3,(H,26,27,31);5-9,13,15-16H,10-12,14H2,1-4H3,(H,26,27,31);6-10,13,16H,11-12,14H2,1-5H3,(H2,25,26,27,30)/t15-;2*16-/m111/s1. The maximum atomic E-state index is 13.0. The summed E-state index contributed by atoms with van der Waals surface area (Å²) in [4.78, 5) is 81.4. The van der Waals surface area contributed by atoms with E-state index in [9.17, 15) is 14.4 Å². The molecular formula is C69H88Cl2N18O3. The van der Waals surface area contributed by atoms with Gasteiger partial charge < -0.3 is 43.5 Å². The van der Waals surface area contributed by atoms with Crippen LogP contribution in [0.25, 0.3) is 33.1 Å². The molecule has 486 valence electrons. The summed E-state index contributed by atoms with van der Waals surface area (Å²) in [5.41, 5.74) is 10.5. The molecule has 21 nitrogen and oxygen atoms in total. The maximum absolute atomic E-state index is 13.0. The molecule has 6 aromatic heterocycles. The summed E-state index contributed by atoms with van der Waals surface area (Å²) in [6.07, 6.45) is 6.31. The summed E-state index contributed by atoms with van der Waals surface area (Å²) in [7, 11) is 3.86. The Morgan fingerprint density at radius 3 is 1.49 bits per heavy atom. The maximum Gasteiger partial charge on any atom is 0.324 e. The van der Waals surface area contributed by atoms with Crippen LogP contribution in [0.4, 0.5) is 49.7 Å². The summed E-state index contributed by atoms with van der Waals surface area (Å²) in [6, 6.07) is 29.8. The lowest BCUT2D eigenvalue weighted by atomic mass is 9.87. The highest BCUT2D eigenvalue weighted by Gasteiger charge is 2.33. The molecule has 0 spiro atoms. The van der Waals surface area contributed by atoms with Crippen molar-refractivity contribution in [2.24, 2.45) is 20.0 Å². The number of urea groups is 3. The van der Waals surface area contributed by atoms with E-state index in [1.54, 1.807) is 12.4 Å². The Hall–Kier alpha value is -8.69. The molecular weight excluding hydrogens is 1200 g/mol. The highest BCUT2D eigenvalue weighted by molar-refractivity contribution is 6.33. The zero-order valence-corrected chi connectivity index (χ0v) is 57.0. The third kappa shape index (κ3) is 15.1. The molecule has 9 aromatic rings. The molecule has 12 rings (SSSR count). The number of aryl methyl sites for hydroxylation is 3. The Morgan fingerprint density at radius 2 is 1.00 bits per heavy atom. The van der Waals surface area contributed by atoms with Crippen molar-refractivity contribution in [1.29, 1.82) is 0 Å². The molecule has 23 heteroatoms. The summed E-state index contributed by atoms with van der Waals surface area (Å²) < 4.78 is 3.87. The van der Waals surface area contributed by atoms with Crippen molar-refractivity contribution in [2.45, 2.75) is 118 Å². The fraction of sp³-hybridized carbons (Fsp3) is 0.435. The molecule has 3 atom stereocenters. The zero-order chi connectivity index (χ0) is 65.9. The van der Waals surface area contributed by atoms with E-state index in [-0.39, 0.29) is 47.0 Å². The number of halogens is 2. The van der Waals surface area contributed by atoms with Gasteiger partial charge in [0.25, 0.3) is 0 Å². The van der Waals surface area contributed by atoms with E-state index < -0.39 is 0 Å². The minimum absolute atomic E-state index is 0.00833. The van der Waals surface area contributed by atoms with E-state index >= 15 is 0 Å². The lowest BCUT2D eigenvalue weighted by Gasteiger charge is -2.40. The summed E-state index contributed by atoms with van der Waals surface area (Å²) in [5.74, 6) is 4.70. The second-order valence-electron chi connectivity index (χ2n) is 26.9. The average molecular weight is 1290 g/mol. The molecule has 3 aliphatic heterocycles. The van der Waals surface area contributed by atoms with E-state index in [2.05, 4.69) is 183 Å². The largest absolute Gasteiger partial charge is 0.353 e. The molecule has 92 heavy (non-hydrogen) atoms. The number of hydrogen-bond acceptors (Lipinski definition) is 12. The van der Waals surface area contributed by atoms with Crippen molar-refractivity contribution in [3.05, 3.63) is 142 Å². The number of anilines is 6. The fourth-order valence-electron chi connectivity index (χ4n) is 12.2. The van der Waals surface area contributed by atoms with Crippen molar-refractivity contribution in [3.63, 3.8) is 0 Å². The van der Waals surface area contributed by atoms with Gasteiger partial charge in [0, 0.05) is 110 Å². The van der Waals surface area contributed by atoms with Crippen molar-refractivity contribution in [3.8, 4) is 0 Å². The van der Waals surface area contributed by atoms with Crippen molar-refractivity contribution < 1.29 is 14.4 Å². The number of nitrogens with zero attached hydrogens (tertiary/aromatic N) is 14. The first-order valence-electron chi connectivity index (χ1n) is 31.7.